The first-order valence-corrected chi connectivity index (χ1v) is 5.56. The minimum Gasteiger partial charge on any atom is -0.393 e. The molecular formula is C11H24O4. The van der Waals surface area contributed by atoms with E-state index in [1.807, 2.05) is 13.8 Å². The van der Waals surface area contributed by atoms with Gasteiger partial charge in [-0.15, -0.1) is 0 Å². The van der Waals surface area contributed by atoms with E-state index in [2.05, 4.69) is 0 Å². The molecule has 92 valence electrons. The van der Waals surface area contributed by atoms with Crippen LogP contribution in [0.25, 0.3) is 0 Å². The molecule has 0 fully saturated rings. The highest BCUT2D eigenvalue weighted by molar-refractivity contribution is 4.60. The maximum atomic E-state index is 9.53. The van der Waals surface area contributed by atoms with Gasteiger partial charge in [0, 0.05) is 7.11 Å². The highest BCUT2D eigenvalue weighted by atomic mass is 16.5. The smallest absolute Gasteiger partial charge is 0.0781 e. The number of rotatable bonds is 9. The molecular weight excluding hydrogens is 196 g/mol. The molecule has 3 atom stereocenters. The molecule has 0 saturated carbocycles. The van der Waals surface area contributed by atoms with Crippen molar-refractivity contribution in [3.05, 3.63) is 0 Å². The van der Waals surface area contributed by atoms with Crippen LogP contribution in [0.3, 0.4) is 0 Å². The van der Waals surface area contributed by atoms with Gasteiger partial charge < -0.3 is 19.7 Å². The largest absolute Gasteiger partial charge is 0.393 e. The van der Waals surface area contributed by atoms with Gasteiger partial charge in [-0.25, -0.2) is 0 Å². The van der Waals surface area contributed by atoms with Gasteiger partial charge in [-0.2, -0.15) is 0 Å². The van der Waals surface area contributed by atoms with Crippen molar-refractivity contribution in [2.24, 2.45) is 0 Å². The molecule has 2 N–H and O–H groups in total. The predicted molar refractivity (Wildman–Crippen MR) is 58.8 cm³/mol. The number of aliphatic hydroxyl groups excluding tert-OH is 2. The van der Waals surface area contributed by atoms with E-state index in [9.17, 15) is 10.2 Å². The Morgan fingerprint density at radius 2 is 1.67 bits per heavy atom. The molecule has 0 aliphatic carbocycles. The van der Waals surface area contributed by atoms with Gasteiger partial charge >= 0.3 is 0 Å². The van der Waals surface area contributed by atoms with Crippen molar-refractivity contribution in [1.82, 2.24) is 0 Å². The summed E-state index contributed by atoms with van der Waals surface area (Å²) in [6, 6.07) is 0. The topological polar surface area (TPSA) is 58.9 Å². The van der Waals surface area contributed by atoms with E-state index >= 15 is 0 Å². The van der Waals surface area contributed by atoms with Crippen molar-refractivity contribution in [1.29, 1.82) is 0 Å². The maximum absolute atomic E-state index is 9.53. The lowest BCUT2D eigenvalue weighted by atomic mass is 10.1. The van der Waals surface area contributed by atoms with Crippen LogP contribution in [0, 0.1) is 0 Å². The van der Waals surface area contributed by atoms with Gasteiger partial charge in [0.1, 0.15) is 0 Å². The summed E-state index contributed by atoms with van der Waals surface area (Å²) in [6.45, 7) is 4.66. The molecule has 0 radical (unpaired) electrons. The lowest BCUT2D eigenvalue weighted by molar-refractivity contribution is -0.0364. The molecule has 0 bridgehead atoms. The Morgan fingerprint density at radius 3 is 2.20 bits per heavy atom. The van der Waals surface area contributed by atoms with Crippen LogP contribution in [-0.4, -0.2) is 48.8 Å². The van der Waals surface area contributed by atoms with E-state index < -0.39 is 6.10 Å². The fourth-order valence-corrected chi connectivity index (χ4v) is 1.23. The SMILES string of the molecule is CCC(O)CCC(O)COC(C)COC. The van der Waals surface area contributed by atoms with Crippen LogP contribution >= 0.6 is 0 Å². The van der Waals surface area contributed by atoms with E-state index in [-0.39, 0.29) is 12.2 Å². The number of aliphatic hydroxyl groups is 2. The normalized spacial score (nSPS) is 17.4. The lowest BCUT2D eigenvalue weighted by Gasteiger charge is -2.16. The fraction of sp³-hybridized carbons (Fsp3) is 1.00. The van der Waals surface area contributed by atoms with Gasteiger partial charge in [-0.1, -0.05) is 6.92 Å². The van der Waals surface area contributed by atoms with Crippen molar-refractivity contribution >= 4 is 0 Å². The summed E-state index contributed by atoms with van der Waals surface area (Å²) in [5.74, 6) is 0. The van der Waals surface area contributed by atoms with Crippen molar-refractivity contribution in [3.8, 4) is 0 Å². The Morgan fingerprint density at radius 1 is 1.07 bits per heavy atom. The van der Waals surface area contributed by atoms with Gasteiger partial charge in [0.2, 0.25) is 0 Å². The van der Waals surface area contributed by atoms with E-state index in [4.69, 9.17) is 9.47 Å². The van der Waals surface area contributed by atoms with Gasteiger partial charge in [-0.3, -0.25) is 0 Å². The van der Waals surface area contributed by atoms with Crippen LogP contribution in [0.5, 0.6) is 0 Å². The molecule has 0 heterocycles. The van der Waals surface area contributed by atoms with Gasteiger partial charge in [0.15, 0.2) is 0 Å². The van der Waals surface area contributed by atoms with Crippen molar-refractivity contribution < 1.29 is 19.7 Å². The third-order valence-corrected chi connectivity index (χ3v) is 2.28. The van der Waals surface area contributed by atoms with Gasteiger partial charge in [0.05, 0.1) is 31.5 Å². The molecule has 0 amide bonds. The van der Waals surface area contributed by atoms with Crippen LogP contribution in [-0.2, 0) is 9.47 Å². The standard InChI is InChI=1S/C11H24O4/c1-4-10(12)5-6-11(13)8-15-9(2)7-14-3/h9-13H,4-8H2,1-3H3. The van der Waals surface area contributed by atoms with E-state index in [0.717, 1.165) is 6.42 Å². The first kappa shape index (κ1) is 14.8. The summed E-state index contributed by atoms with van der Waals surface area (Å²) in [6.07, 6.45) is 1.13. The number of methoxy groups -OCH3 is 1. The molecule has 0 aromatic carbocycles. The van der Waals surface area contributed by atoms with Crippen LogP contribution in [0.2, 0.25) is 0 Å². The predicted octanol–water partition coefficient (Wildman–Crippen LogP) is 0.950. The Labute approximate surface area is 92.2 Å². The summed E-state index contributed by atoms with van der Waals surface area (Å²) >= 11 is 0. The van der Waals surface area contributed by atoms with Gasteiger partial charge in [0.25, 0.3) is 0 Å². The molecule has 4 nitrogen and oxygen atoms in total. The van der Waals surface area contributed by atoms with Crippen LogP contribution in [0.1, 0.15) is 33.1 Å². The Hall–Kier alpha value is -0.160. The lowest BCUT2D eigenvalue weighted by Crippen LogP contribution is -2.23. The first-order valence-electron chi connectivity index (χ1n) is 5.56. The van der Waals surface area contributed by atoms with Crippen LogP contribution < -0.4 is 0 Å². The number of hydrogen-bond acceptors (Lipinski definition) is 4. The molecule has 15 heavy (non-hydrogen) atoms. The third-order valence-electron chi connectivity index (χ3n) is 2.28. The zero-order valence-electron chi connectivity index (χ0n) is 9.98. The Balaban J connectivity index is 3.44. The molecule has 0 spiro atoms. The molecule has 0 aromatic rings. The van der Waals surface area contributed by atoms with E-state index in [0.29, 0.717) is 26.1 Å². The summed E-state index contributed by atoms with van der Waals surface area (Å²) < 4.78 is 10.3. The summed E-state index contributed by atoms with van der Waals surface area (Å²) in [5, 5.41) is 18.8. The molecule has 0 aromatic heterocycles. The quantitative estimate of drug-likeness (QED) is 0.607. The van der Waals surface area contributed by atoms with Crippen molar-refractivity contribution in [3.63, 3.8) is 0 Å². The molecule has 0 aliphatic heterocycles. The first-order chi connectivity index (χ1) is 7.10. The second-order valence-electron chi connectivity index (χ2n) is 3.89. The van der Waals surface area contributed by atoms with Crippen molar-refractivity contribution in [2.75, 3.05) is 20.3 Å². The number of ether oxygens (including phenoxy) is 2. The fourth-order valence-electron chi connectivity index (χ4n) is 1.23. The Kier molecular flexibility index (Phi) is 9.00. The highest BCUT2D eigenvalue weighted by Crippen LogP contribution is 2.05. The van der Waals surface area contributed by atoms with E-state index in [1.165, 1.54) is 0 Å². The second-order valence-corrected chi connectivity index (χ2v) is 3.89. The highest BCUT2D eigenvalue weighted by Gasteiger charge is 2.10. The zero-order valence-corrected chi connectivity index (χ0v) is 9.98. The average Bonchev–Trinajstić information content (AvgIpc) is 2.23. The van der Waals surface area contributed by atoms with Gasteiger partial charge in [-0.05, 0) is 26.2 Å². The van der Waals surface area contributed by atoms with Crippen LogP contribution in [0.15, 0.2) is 0 Å². The summed E-state index contributed by atoms with van der Waals surface area (Å²) in [5.41, 5.74) is 0. The zero-order chi connectivity index (χ0) is 11.7. The third kappa shape index (κ3) is 8.81. The maximum Gasteiger partial charge on any atom is 0.0781 e. The minimum absolute atomic E-state index is 0.000693. The molecule has 4 heteroatoms. The van der Waals surface area contributed by atoms with E-state index in [1.54, 1.807) is 7.11 Å². The molecule has 0 aliphatic rings. The van der Waals surface area contributed by atoms with Crippen molar-refractivity contribution in [2.45, 2.75) is 51.4 Å². The monoisotopic (exact) mass is 220 g/mol. The summed E-state index contributed by atoms with van der Waals surface area (Å²) in [4.78, 5) is 0. The minimum atomic E-state index is -0.495. The molecule has 0 saturated heterocycles. The van der Waals surface area contributed by atoms with Crippen LogP contribution in [0.4, 0.5) is 0 Å². The average molecular weight is 220 g/mol. The Bertz CT molecular complexity index is 141. The molecule has 3 unspecified atom stereocenters. The summed E-state index contributed by atoms with van der Waals surface area (Å²) in [7, 11) is 1.62. The second kappa shape index (κ2) is 9.09. The number of hydrogen-bond donors (Lipinski definition) is 2. The molecule has 0 rings (SSSR count).